The second-order valence-electron chi connectivity index (χ2n) is 4.21. The summed E-state index contributed by atoms with van der Waals surface area (Å²) >= 11 is 0. The zero-order valence-electron chi connectivity index (χ0n) is 9.79. The summed E-state index contributed by atoms with van der Waals surface area (Å²) < 4.78 is 0. The lowest BCUT2D eigenvalue weighted by molar-refractivity contribution is 0.0962. The maximum absolute atomic E-state index is 11.9. The van der Waals surface area contributed by atoms with Gasteiger partial charge in [-0.2, -0.15) is 0 Å². The van der Waals surface area contributed by atoms with E-state index >= 15 is 0 Å². The van der Waals surface area contributed by atoms with Crippen molar-refractivity contribution in [1.29, 1.82) is 0 Å². The fourth-order valence-electron chi connectivity index (χ4n) is 1.81. The van der Waals surface area contributed by atoms with Crippen LogP contribution in [0.25, 0.3) is 0 Å². The minimum Gasteiger partial charge on any atom is -0.294 e. The summed E-state index contributed by atoms with van der Waals surface area (Å²) in [5, 5.41) is 0. The van der Waals surface area contributed by atoms with E-state index in [2.05, 4.69) is 18.8 Å². The van der Waals surface area contributed by atoms with Gasteiger partial charge in [0.15, 0.2) is 5.78 Å². The summed E-state index contributed by atoms with van der Waals surface area (Å²) in [5.74, 6) is 0.728. The molecule has 1 rings (SSSR count). The van der Waals surface area contributed by atoms with E-state index in [0.717, 1.165) is 24.0 Å². The van der Waals surface area contributed by atoms with Crippen LogP contribution in [0.5, 0.6) is 0 Å². The van der Waals surface area contributed by atoms with Gasteiger partial charge in [-0.05, 0) is 24.5 Å². The Labute approximate surface area is 91.7 Å². The Hall–Kier alpha value is -1.18. The quantitative estimate of drug-likeness (QED) is 0.689. The Morgan fingerprint density at radius 2 is 2.27 bits per heavy atom. The van der Waals surface area contributed by atoms with Gasteiger partial charge >= 0.3 is 0 Å². The van der Waals surface area contributed by atoms with Crippen LogP contribution in [0.3, 0.4) is 0 Å². The van der Waals surface area contributed by atoms with Crippen molar-refractivity contribution in [3.05, 3.63) is 29.6 Å². The van der Waals surface area contributed by atoms with Gasteiger partial charge < -0.3 is 0 Å². The zero-order valence-corrected chi connectivity index (χ0v) is 9.79. The number of nitrogens with zero attached hydrogens (tertiary/aromatic N) is 1. The second kappa shape index (κ2) is 5.64. The molecule has 0 aliphatic heterocycles. The largest absolute Gasteiger partial charge is 0.294 e. The lowest BCUT2D eigenvalue weighted by atomic mass is 9.95. The highest BCUT2D eigenvalue weighted by molar-refractivity contribution is 5.97. The number of hydrogen-bond donors (Lipinski definition) is 0. The molecule has 0 saturated heterocycles. The molecule has 1 atom stereocenters. The smallest absolute Gasteiger partial charge is 0.163 e. The summed E-state index contributed by atoms with van der Waals surface area (Å²) in [7, 11) is 0. The van der Waals surface area contributed by atoms with Crippen LogP contribution in [0.1, 0.15) is 49.0 Å². The molecule has 15 heavy (non-hydrogen) atoms. The van der Waals surface area contributed by atoms with Gasteiger partial charge in [-0.25, -0.2) is 0 Å². The van der Waals surface area contributed by atoms with Crippen molar-refractivity contribution >= 4 is 5.78 Å². The molecule has 1 aromatic rings. The van der Waals surface area contributed by atoms with Crippen LogP contribution in [-0.2, 0) is 0 Å². The number of aromatic nitrogens is 1. The highest BCUT2D eigenvalue weighted by Gasteiger charge is 2.12. The standard InChI is InChI=1S/C13H19NO/c1-4-5-10(2)8-13(15)12-6-7-14-9-11(12)3/h6-7,9-10H,4-5,8H2,1-3H3. The van der Waals surface area contributed by atoms with E-state index < -0.39 is 0 Å². The van der Waals surface area contributed by atoms with E-state index in [1.807, 2.05) is 13.0 Å². The van der Waals surface area contributed by atoms with Crippen molar-refractivity contribution in [2.45, 2.75) is 40.0 Å². The van der Waals surface area contributed by atoms with Crippen LogP contribution in [0.4, 0.5) is 0 Å². The van der Waals surface area contributed by atoms with Crippen molar-refractivity contribution in [1.82, 2.24) is 4.98 Å². The summed E-state index contributed by atoms with van der Waals surface area (Å²) in [6, 6.07) is 1.82. The fraction of sp³-hybridized carbons (Fsp3) is 0.538. The molecular weight excluding hydrogens is 186 g/mol. The van der Waals surface area contributed by atoms with E-state index in [4.69, 9.17) is 0 Å². The Kier molecular flexibility index (Phi) is 4.47. The number of pyridine rings is 1. The van der Waals surface area contributed by atoms with Crippen LogP contribution in [0.15, 0.2) is 18.5 Å². The topological polar surface area (TPSA) is 30.0 Å². The van der Waals surface area contributed by atoms with Crippen LogP contribution < -0.4 is 0 Å². The first-order valence-corrected chi connectivity index (χ1v) is 5.59. The van der Waals surface area contributed by atoms with Crippen LogP contribution in [0, 0.1) is 12.8 Å². The fourth-order valence-corrected chi connectivity index (χ4v) is 1.81. The SMILES string of the molecule is CCCC(C)CC(=O)c1ccncc1C. The number of carbonyl (C=O) groups excluding carboxylic acids is 1. The van der Waals surface area contributed by atoms with Crippen molar-refractivity contribution in [2.75, 3.05) is 0 Å². The summed E-state index contributed by atoms with van der Waals surface area (Å²) in [6.07, 6.45) is 6.35. The van der Waals surface area contributed by atoms with Gasteiger partial charge in [0, 0.05) is 24.4 Å². The third-order valence-electron chi connectivity index (χ3n) is 2.64. The maximum Gasteiger partial charge on any atom is 0.163 e. The van der Waals surface area contributed by atoms with Crippen molar-refractivity contribution in [2.24, 2.45) is 5.92 Å². The van der Waals surface area contributed by atoms with Crippen molar-refractivity contribution < 1.29 is 4.79 Å². The molecule has 1 aromatic heterocycles. The number of carbonyl (C=O) groups is 1. The van der Waals surface area contributed by atoms with E-state index in [0.29, 0.717) is 12.3 Å². The molecule has 0 aliphatic carbocycles. The van der Waals surface area contributed by atoms with Crippen LogP contribution in [-0.4, -0.2) is 10.8 Å². The first-order chi connectivity index (χ1) is 7.15. The number of hydrogen-bond acceptors (Lipinski definition) is 2. The first-order valence-electron chi connectivity index (χ1n) is 5.59. The summed E-state index contributed by atoms with van der Waals surface area (Å²) in [6.45, 7) is 6.22. The monoisotopic (exact) mass is 205 g/mol. The van der Waals surface area contributed by atoms with Crippen LogP contribution in [0.2, 0.25) is 0 Å². The second-order valence-corrected chi connectivity index (χ2v) is 4.21. The molecule has 0 bridgehead atoms. The number of ketones is 1. The van der Waals surface area contributed by atoms with Gasteiger partial charge in [0.25, 0.3) is 0 Å². The molecule has 0 aromatic carbocycles. The van der Waals surface area contributed by atoms with E-state index in [9.17, 15) is 4.79 Å². The Bertz CT molecular complexity index is 333. The molecule has 0 aliphatic rings. The molecule has 0 amide bonds. The van der Waals surface area contributed by atoms with E-state index in [1.165, 1.54) is 0 Å². The predicted molar refractivity (Wildman–Crippen MR) is 62.0 cm³/mol. The van der Waals surface area contributed by atoms with Gasteiger partial charge in [-0.1, -0.05) is 26.7 Å². The Morgan fingerprint density at radius 3 is 2.87 bits per heavy atom. The highest BCUT2D eigenvalue weighted by Crippen LogP contribution is 2.15. The molecule has 82 valence electrons. The summed E-state index contributed by atoms with van der Waals surface area (Å²) in [5.41, 5.74) is 1.80. The van der Waals surface area contributed by atoms with Gasteiger partial charge in [-0.15, -0.1) is 0 Å². The van der Waals surface area contributed by atoms with Gasteiger partial charge in [-0.3, -0.25) is 9.78 Å². The van der Waals surface area contributed by atoms with Gasteiger partial charge in [0.1, 0.15) is 0 Å². The molecule has 2 nitrogen and oxygen atoms in total. The summed E-state index contributed by atoms with van der Waals surface area (Å²) in [4.78, 5) is 15.9. The van der Waals surface area contributed by atoms with Gasteiger partial charge in [0.05, 0.1) is 0 Å². The number of aryl methyl sites for hydroxylation is 1. The highest BCUT2D eigenvalue weighted by atomic mass is 16.1. The molecule has 0 spiro atoms. The molecule has 2 heteroatoms. The molecule has 0 radical (unpaired) electrons. The third kappa shape index (κ3) is 3.46. The Balaban J connectivity index is 2.65. The molecule has 0 fully saturated rings. The lowest BCUT2D eigenvalue weighted by Crippen LogP contribution is -2.07. The number of Topliss-reactive ketones (excluding diaryl/α,β-unsaturated/α-hetero) is 1. The molecule has 1 heterocycles. The van der Waals surface area contributed by atoms with Crippen molar-refractivity contribution in [3.8, 4) is 0 Å². The zero-order chi connectivity index (χ0) is 11.3. The maximum atomic E-state index is 11.9. The van der Waals surface area contributed by atoms with E-state index in [1.54, 1.807) is 12.4 Å². The van der Waals surface area contributed by atoms with E-state index in [-0.39, 0.29) is 5.78 Å². The first kappa shape index (κ1) is 11.9. The average molecular weight is 205 g/mol. The minimum atomic E-state index is 0.246. The third-order valence-corrected chi connectivity index (χ3v) is 2.64. The molecule has 1 unspecified atom stereocenters. The number of rotatable bonds is 5. The predicted octanol–water partition coefficient (Wildman–Crippen LogP) is 3.40. The minimum absolute atomic E-state index is 0.246. The van der Waals surface area contributed by atoms with Crippen LogP contribution >= 0.6 is 0 Å². The normalized spacial score (nSPS) is 12.5. The molecule has 0 N–H and O–H groups in total. The molecular formula is C13H19NO. The van der Waals surface area contributed by atoms with Crippen molar-refractivity contribution in [3.63, 3.8) is 0 Å². The molecule has 0 saturated carbocycles. The average Bonchev–Trinajstić information content (AvgIpc) is 2.18. The lowest BCUT2D eigenvalue weighted by Gasteiger charge is -2.09. The Morgan fingerprint density at radius 1 is 1.53 bits per heavy atom. The van der Waals surface area contributed by atoms with Gasteiger partial charge in [0.2, 0.25) is 0 Å².